The van der Waals surface area contributed by atoms with Gasteiger partial charge in [0, 0.05) is 16.8 Å². The highest BCUT2D eigenvalue weighted by Gasteiger charge is 2.07. The molecule has 2 heteroatoms. The third-order valence-electron chi connectivity index (χ3n) is 3.59. The summed E-state index contributed by atoms with van der Waals surface area (Å²) < 4.78 is 0. The van der Waals surface area contributed by atoms with Gasteiger partial charge in [0.05, 0.1) is 0 Å². The van der Waals surface area contributed by atoms with E-state index in [1.54, 1.807) is 0 Å². The third-order valence-corrected chi connectivity index (χ3v) is 3.99. The van der Waals surface area contributed by atoms with Gasteiger partial charge in [-0.2, -0.15) is 0 Å². The molecule has 2 aromatic rings. The molecule has 1 N–H and O–H groups in total. The Balaban J connectivity index is 2.17. The third kappa shape index (κ3) is 3.30. The van der Waals surface area contributed by atoms with Crippen molar-refractivity contribution in [3.63, 3.8) is 0 Å². The Morgan fingerprint density at radius 1 is 0.895 bits per heavy atom. The van der Waals surface area contributed by atoms with E-state index in [4.69, 9.17) is 11.6 Å². The number of anilines is 1. The lowest BCUT2D eigenvalue weighted by molar-refractivity contribution is 0.881. The van der Waals surface area contributed by atoms with Crippen LogP contribution in [0.2, 0.25) is 5.02 Å². The normalized spacial score (nSPS) is 12.3. The zero-order valence-electron chi connectivity index (χ0n) is 11.9. The van der Waals surface area contributed by atoms with Gasteiger partial charge in [0.25, 0.3) is 0 Å². The van der Waals surface area contributed by atoms with Crippen molar-refractivity contribution >= 4 is 17.3 Å². The van der Waals surface area contributed by atoms with Gasteiger partial charge in [-0.3, -0.25) is 0 Å². The van der Waals surface area contributed by atoms with E-state index >= 15 is 0 Å². The molecule has 0 spiro atoms. The molecule has 0 aliphatic heterocycles. The molecule has 0 radical (unpaired) electrons. The molecular weight excluding hydrogens is 254 g/mol. The molecule has 2 rings (SSSR count). The van der Waals surface area contributed by atoms with Crippen LogP contribution in [0.4, 0.5) is 5.69 Å². The van der Waals surface area contributed by atoms with Crippen molar-refractivity contribution in [3.05, 3.63) is 63.7 Å². The lowest BCUT2D eigenvalue weighted by Crippen LogP contribution is -2.07. The fourth-order valence-corrected chi connectivity index (χ4v) is 2.23. The summed E-state index contributed by atoms with van der Waals surface area (Å²) in [6, 6.07) is 12.9. The number of hydrogen-bond acceptors (Lipinski definition) is 1. The summed E-state index contributed by atoms with van der Waals surface area (Å²) in [5, 5.41) is 4.29. The molecule has 1 atom stereocenters. The summed E-state index contributed by atoms with van der Waals surface area (Å²) in [5.74, 6) is 0. The van der Waals surface area contributed by atoms with Crippen molar-refractivity contribution in [2.45, 2.75) is 33.7 Å². The maximum atomic E-state index is 6.15. The van der Waals surface area contributed by atoms with Gasteiger partial charge in [0.1, 0.15) is 0 Å². The van der Waals surface area contributed by atoms with E-state index in [2.05, 4.69) is 50.4 Å². The van der Waals surface area contributed by atoms with Gasteiger partial charge >= 0.3 is 0 Å². The highest BCUT2D eigenvalue weighted by molar-refractivity contribution is 6.31. The van der Waals surface area contributed by atoms with Gasteiger partial charge in [0.2, 0.25) is 0 Å². The Labute approximate surface area is 120 Å². The van der Waals surface area contributed by atoms with Crippen molar-refractivity contribution < 1.29 is 0 Å². The number of benzene rings is 2. The minimum absolute atomic E-state index is 0.262. The fourth-order valence-electron chi connectivity index (χ4n) is 2.05. The predicted octanol–water partition coefficient (Wildman–Crippen LogP) is 5.44. The average Bonchev–Trinajstić information content (AvgIpc) is 2.37. The van der Waals surface area contributed by atoms with Gasteiger partial charge < -0.3 is 5.32 Å². The molecule has 0 fully saturated rings. The molecular formula is C17H20ClN. The first-order chi connectivity index (χ1) is 8.97. The van der Waals surface area contributed by atoms with Crippen LogP contribution in [0.5, 0.6) is 0 Å². The van der Waals surface area contributed by atoms with Crippen LogP contribution in [0.15, 0.2) is 36.4 Å². The van der Waals surface area contributed by atoms with Crippen LogP contribution in [-0.4, -0.2) is 0 Å². The van der Waals surface area contributed by atoms with E-state index in [9.17, 15) is 0 Å². The highest BCUT2D eigenvalue weighted by atomic mass is 35.5. The van der Waals surface area contributed by atoms with Crippen molar-refractivity contribution in [2.24, 2.45) is 0 Å². The molecule has 0 bridgehead atoms. The lowest BCUT2D eigenvalue weighted by Gasteiger charge is -2.17. The van der Waals surface area contributed by atoms with E-state index in [1.807, 2.05) is 19.1 Å². The monoisotopic (exact) mass is 273 g/mol. The molecule has 2 aromatic carbocycles. The summed E-state index contributed by atoms with van der Waals surface area (Å²) in [6.07, 6.45) is 0. The average molecular weight is 274 g/mol. The summed E-state index contributed by atoms with van der Waals surface area (Å²) in [4.78, 5) is 0. The van der Waals surface area contributed by atoms with Crippen molar-refractivity contribution in [1.29, 1.82) is 0 Å². The summed E-state index contributed by atoms with van der Waals surface area (Å²) in [7, 11) is 0. The van der Waals surface area contributed by atoms with Crippen molar-refractivity contribution in [3.8, 4) is 0 Å². The van der Waals surface area contributed by atoms with E-state index < -0.39 is 0 Å². The van der Waals surface area contributed by atoms with Crippen LogP contribution in [-0.2, 0) is 0 Å². The Morgan fingerprint density at radius 2 is 1.58 bits per heavy atom. The fraction of sp³-hybridized carbons (Fsp3) is 0.294. The smallest absolute Gasteiger partial charge is 0.0485 e. The maximum Gasteiger partial charge on any atom is 0.0485 e. The van der Waals surface area contributed by atoms with E-state index in [-0.39, 0.29) is 6.04 Å². The SMILES string of the molecule is Cc1ccc(C(C)Nc2ccc(C)c(Cl)c2)cc1C. The molecule has 0 aliphatic rings. The van der Waals surface area contributed by atoms with Gasteiger partial charge in [-0.05, 0) is 62.1 Å². The number of nitrogens with one attached hydrogen (secondary N) is 1. The number of halogens is 1. The van der Waals surface area contributed by atoms with Gasteiger partial charge in [-0.25, -0.2) is 0 Å². The largest absolute Gasteiger partial charge is 0.378 e. The molecule has 0 aromatic heterocycles. The second kappa shape index (κ2) is 5.66. The first-order valence-corrected chi connectivity index (χ1v) is 6.95. The first kappa shape index (κ1) is 14.0. The second-order valence-electron chi connectivity index (χ2n) is 5.17. The molecule has 19 heavy (non-hydrogen) atoms. The van der Waals surface area contributed by atoms with Gasteiger partial charge in [-0.1, -0.05) is 35.9 Å². The van der Waals surface area contributed by atoms with Crippen LogP contribution >= 0.6 is 11.6 Å². The number of aryl methyl sites for hydroxylation is 3. The van der Waals surface area contributed by atoms with E-state index in [0.29, 0.717) is 0 Å². The maximum absolute atomic E-state index is 6.15. The molecule has 0 aliphatic carbocycles. The Hall–Kier alpha value is -1.47. The van der Waals surface area contributed by atoms with E-state index in [0.717, 1.165) is 16.3 Å². The highest BCUT2D eigenvalue weighted by Crippen LogP contribution is 2.25. The van der Waals surface area contributed by atoms with Crippen molar-refractivity contribution in [2.75, 3.05) is 5.32 Å². The number of rotatable bonds is 3. The summed E-state index contributed by atoms with van der Waals surface area (Å²) in [5.41, 5.74) is 6.11. The van der Waals surface area contributed by atoms with Crippen LogP contribution in [0.1, 0.15) is 35.2 Å². The van der Waals surface area contributed by atoms with Gasteiger partial charge in [0.15, 0.2) is 0 Å². The van der Waals surface area contributed by atoms with Crippen LogP contribution in [0.25, 0.3) is 0 Å². The molecule has 1 nitrogen and oxygen atoms in total. The first-order valence-electron chi connectivity index (χ1n) is 6.57. The topological polar surface area (TPSA) is 12.0 Å². The zero-order valence-corrected chi connectivity index (χ0v) is 12.7. The summed E-state index contributed by atoms with van der Waals surface area (Å²) >= 11 is 6.15. The van der Waals surface area contributed by atoms with E-state index in [1.165, 1.54) is 16.7 Å². The second-order valence-corrected chi connectivity index (χ2v) is 5.58. The standard InChI is InChI=1S/C17H20ClN/c1-11-5-7-15(9-13(11)3)14(4)19-16-8-6-12(2)17(18)10-16/h5-10,14,19H,1-4H3. The van der Waals surface area contributed by atoms with Crippen LogP contribution in [0.3, 0.4) is 0 Å². The lowest BCUT2D eigenvalue weighted by atomic mass is 10.0. The number of hydrogen-bond donors (Lipinski definition) is 1. The zero-order chi connectivity index (χ0) is 14.0. The minimum Gasteiger partial charge on any atom is -0.378 e. The molecule has 0 heterocycles. The van der Waals surface area contributed by atoms with Crippen LogP contribution in [0, 0.1) is 20.8 Å². The molecule has 0 saturated heterocycles. The summed E-state index contributed by atoms with van der Waals surface area (Å²) in [6.45, 7) is 8.46. The Bertz CT molecular complexity index is 590. The molecule has 0 saturated carbocycles. The van der Waals surface area contributed by atoms with Crippen LogP contribution < -0.4 is 5.32 Å². The Morgan fingerprint density at radius 3 is 2.21 bits per heavy atom. The molecule has 0 amide bonds. The predicted molar refractivity (Wildman–Crippen MR) is 84.1 cm³/mol. The minimum atomic E-state index is 0.262. The van der Waals surface area contributed by atoms with Crippen molar-refractivity contribution in [1.82, 2.24) is 0 Å². The molecule has 100 valence electrons. The van der Waals surface area contributed by atoms with Gasteiger partial charge in [-0.15, -0.1) is 0 Å². The quantitative estimate of drug-likeness (QED) is 0.785. The molecule has 1 unspecified atom stereocenters. The Kier molecular flexibility index (Phi) is 4.16.